The molecule has 2 aromatic rings. The van der Waals surface area contributed by atoms with E-state index in [0.717, 1.165) is 5.56 Å². The van der Waals surface area contributed by atoms with Gasteiger partial charge in [0.15, 0.2) is 5.76 Å². The van der Waals surface area contributed by atoms with E-state index in [9.17, 15) is 9.59 Å². The average Bonchev–Trinajstić information content (AvgIpc) is 2.84. The summed E-state index contributed by atoms with van der Waals surface area (Å²) in [6.07, 6.45) is 1.38. The van der Waals surface area contributed by atoms with E-state index in [2.05, 4.69) is 5.32 Å². The Morgan fingerprint density at radius 3 is 2.67 bits per heavy atom. The number of rotatable bonds is 3. The van der Waals surface area contributed by atoms with Crippen LogP contribution >= 0.6 is 0 Å². The summed E-state index contributed by atoms with van der Waals surface area (Å²) in [7, 11) is 0. The molecule has 0 bridgehead atoms. The number of carbonyl (C=O) groups excluding carboxylic acids is 1. The number of carboxylic acids is 1. The lowest BCUT2D eigenvalue weighted by molar-refractivity contribution is 0.0698. The Balaban J connectivity index is 2.29. The average molecular weight is 245 g/mol. The third kappa shape index (κ3) is 2.40. The number of anilines is 1. The fourth-order valence-electron chi connectivity index (χ4n) is 1.54. The normalized spacial score (nSPS) is 10.1. The number of furan rings is 1. The zero-order chi connectivity index (χ0) is 13.1. The summed E-state index contributed by atoms with van der Waals surface area (Å²) in [5.41, 5.74) is 1.10. The second-order valence-corrected chi connectivity index (χ2v) is 3.79. The lowest BCUT2D eigenvalue weighted by Crippen LogP contribution is -2.14. The van der Waals surface area contributed by atoms with Crippen molar-refractivity contribution in [1.82, 2.24) is 0 Å². The van der Waals surface area contributed by atoms with Gasteiger partial charge >= 0.3 is 5.97 Å². The molecule has 0 saturated heterocycles. The lowest BCUT2D eigenvalue weighted by atomic mass is 10.1. The van der Waals surface area contributed by atoms with Crippen molar-refractivity contribution in [1.29, 1.82) is 0 Å². The zero-order valence-electron chi connectivity index (χ0n) is 9.64. The highest BCUT2D eigenvalue weighted by Gasteiger charge is 2.14. The molecule has 1 aromatic carbocycles. The zero-order valence-corrected chi connectivity index (χ0v) is 9.64. The standard InChI is InChI=1S/C13H11NO4/c1-8-4-5-10(9(7-8)13(16)17)14-12(15)11-3-2-6-18-11/h2-7H,1H3,(H,14,15)(H,16,17). The van der Waals surface area contributed by atoms with Crippen molar-refractivity contribution in [3.8, 4) is 0 Å². The molecule has 18 heavy (non-hydrogen) atoms. The monoisotopic (exact) mass is 245 g/mol. The van der Waals surface area contributed by atoms with Gasteiger partial charge in [0.25, 0.3) is 5.91 Å². The van der Waals surface area contributed by atoms with E-state index in [0.29, 0.717) is 0 Å². The van der Waals surface area contributed by atoms with Crippen LogP contribution in [0.5, 0.6) is 0 Å². The maximum Gasteiger partial charge on any atom is 0.337 e. The molecule has 0 aliphatic heterocycles. The maximum atomic E-state index is 11.7. The summed E-state index contributed by atoms with van der Waals surface area (Å²) in [5.74, 6) is -1.44. The Morgan fingerprint density at radius 1 is 1.28 bits per heavy atom. The molecular formula is C13H11NO4. The Bertz CT molecular complexity index is 587. The molecule has 5 nitrogen and oxygen atoms in total. The van der Waals surface area contributed by atoms with Gasteiger partial charge in [0.05, 0.1) is 17.5 Å². The van der Waals surface area contributed by atoms with Crippen LogP contribution in [0.1, 0.15) is 26.5 Å². The first-order valence-corrected chi connectivity index (χ1v) is 5.27. The van der Waals surface area contributed by atoms with Crippen LogP contribution in [-0.4, -0.2) is 17.0 Å². The minimum atomic E-state index is -1.09. The molecule has 2 N–H and O–H groups in total. The quantitative estimate of drug-likeness (QED) is 0.870. The molecule has 1 heterocycles. The molecule has 0 unspecified atom stereocenters. The van der Waals surface area contributed by atoms with Crippen LogP contribution in [0.2, 0.25) is 0 Å². The Hall–Kier alpha value is -2.56. The summed E-state index contributed by atoms with van der Waals surface area (Å²) in [6, 6.07) is 7.87. The molecule has 0 aliphatic rings. The molecule has 5 heteroatoms. The molecule has 0 fully saturated rings. The van der Waals surface area contributed by atoms with Gasteiger partial charge in [-0.3, -0.25) is 4.79 Å². The van der Waals surface area contributed by atoms with E-state index in [1.165, 1.54) is 18.4 Å². The first kappa shape index (κ1) is 11.9. The maximum absolute atomic E-state index is 11.7. The summed E-state index contributed by atoms with van der Waals surface area (Å²) in [5, 5.41) is 11.6. The number of amides is 1. The Labute approximate surface area is 103 Å². The number of carbonyl (C=O) groups is 2. The summed E-state index contributed by atoms with van der Waals surface area (Å²) in [4.78, 5) is 22.8. The van der Waals surface area contributed by atoms with Crippen LogP contribution in [-0.2, 0) is 0 Å². The predicted octanol–water partition coefficient (Wildman–Crippen LogP) is 2.54. The summed E-state index contributed by atoms with van der Waals surface area (Å²) < 4.78 is 4.93. The van der Waals surface area contributed by atoms with Crippen molar-refractivity contribution in [2.45, 2.75) is 6.92 Å². The second kappa shape index (κ2) is 4.75. The van der Waals surface area contributed by atoms with Gasteiger partial charge in [0.2, 0.25) is 0 Å². The Morgan fingerprint density at radius 2 is 2.06 bits per heavy atom. The summed E-state index contributed by atoms with van der Waals surface area (Å²) >= 11 is 0. The van der Waals surface area contributed by atoms with Gasteiger partial charge in [-0.25, -0.2) is 4.79 Å². The van der Waals surface area contributed by atoms with Crippen LogP contribution in [0.4, 0.5) is 5.69 Å². The van der Waals surface area contributed by atoms with Gasteiger partial charge in [-0.2, -0.15) is 0 Å². The first-order chi connectivity index (χ1) is 8.58. The molecule has 2 rings (SSSR count). The number of carboxylic acid groups (broad SMARTS) is 1. The van der Waals surface area contributed by atoms with Crippen LogP contribution < -0.4 is 5.32 Å². The number of benzene rings is 1. The van der Waals surface area contributed by atoms with Gasteiger partial charge in [0.1, 0.15) is 0 Å². The van der Waals surface area contributed by atoms with E-state index >= 15 is 0 Å². The molecule has 0 saturated carbocycles. The van der Waals surface area contributed by atoms with Gasteiger partial charge in [-0.1, -0.05) is 11.6 Å². The molecular weight excluding hydrogens is 234 g/mol. The molecule has 0 atom stereocenters. The van der Waals surface area contributed by atoms with E-state index in [1.54, 1.807) is 25.1 Å². The minimum absolute atomic E-state index is 0.0508. The number of hydrogen-bond donors (Lipinski definition) is 2. The minimum Gasteiger partial charge on any atom is -0.478 e. The van der Waals surface area contributed by atoms with Crippen LogP contribution in [0, 0.1) is 6.92 Å². The van der Waals surface area contributed by atoms with Crippen molar-refractivity contribution in [3.63, 3.8) is 0 Å². The number of aryl methyl sites for hydroxylation is 1. The van der Waals surface area contributed by atoms with Gasteiger partial charge < -0.3 is 14.8 Å². The lowest BCUT2D eigenvalue weighted by Gasteiger charge is -2.07. The fourth-order valence-corrected chi connectivity index (χ4v) is 1.54. The molecule has 92 valence electrons. The molecule has 1 aromatic heterocycles. The topological polar surface area (TPSA) is 79.5 Å². The fraction of sp³-hybridized carbons (Fsp3) is 0.0769. The highest BCUT2D eigenvalue weighted by atomic mass is 16.4. The molecule has 0 aliphatic carbocycles. The van der Waals surface area contributed by atoms with Crippen molar-refractivity contribution in [2.75, 3.05) is 5.32 Å². The highest BCUT2D eigenvalue weighted by molar-refractivity contribution is 6.06. The van der Waals surface area contributed by atoms with Crippen molar-refractivity contribution >= 4 is 17.6 Å². The second-order valence-electron chi connectivity index (χ2n) is 3.79. The summed E-state index contributed by atoms with van der Waals surface area (Å²) in [6.45, 7) is 1.78. The molecule has 0 radical (unpaired) electrons. The Kier molecular flexibility index (Phi) is 3.14. The smallest absolute Gasteiger partial charge is 0.337 e. The predicted molar refractivity (Wildman–Crippen MR) is 64.8 cm³/mol. The SMILES string of the molecule is Cc1ccc(NC(=O)c2ccco2)c(C(=O)O)c1. The van der Waals surface area contributed by atoms with E-state index in [1.807, 2.05) is 0 Å². The van der Waals surface area contributed by atoms with Crippen molar-refractivity contribution in [3.05, 3.63) is 53.5 Å². The van der Waals surface area contributed by atoms with Crippen LogP contribution in [0.25, 0.3) is 0 Å². The van der Waals surface area contributed by atoms with Crippen LogP contribution in [0.3, 0.4) is 0 Å². The number of aromatic carboxylic acids is 1. The largest absolute Gasteiger partial charge is 0.478 e. The third-order valence-corrected chi connectivity index (χ3v) is 2.40. The van der Waals surface area contributed by atoms with Crippen molar-refractivity contribution < 1.29 is 19.1 Å². The van der Waals surface area contributed by atoms with E-state index in [4.69, 9.17) is 9.52 Å². The first-order valence-electron chi connectivity index (χ1n) is 5.27. The van der Waals surface area contributed by atoms with E-state index in [-0.39, 0.29) is 17.0 Å². The number of nitrogens with one attached hydrogen (secondary N) is 1. The van der Waals surface area contributed by atoms with Crippen LogP contribution in [0.15, 0.2) is 41.0 Å². The highest BCUT2D eigenvalue weighted by Crippen LogP contribution is 2.18. The van der Waals surface area contributed by atoms with Crippen molar-refractivity contribution in [2.24, 2.45) is 0 Å². The molecule has 1 amide bonds. The third-order valence-electron chi connectivity index (χ3n) is 2.40. The van der Waals surface area contributed by atoms with Gasteiger partial charge in [0, 0.05) is 0 Å². The van der Waals surface area contributed by atoms with Gasteiger partial charge in [-0.05, 0) is 31.2 Å². The molecule has 0 spiro atoms. The number of hydrogen-bond acceptors (Lipinski definition) is 3. The van der Waals surface area contributed by atoms with E-state index < -0.39 is 11.9 Å². The van der Waals surface area contributed by atoms with Gasteiger partial charge in [-0.15, -0.1) is 0 Å².